The van der Waals surface area contributed by atoms with E-state index in [-0.39, 0.29) is 12.6 Å². The summed E-state index contributed by atoms with van der Waals surface area (Å²) in [5.74, 6) is 3.83. The van der Waals surface area contributed by atoms with Crippen LogP contribution in [0.5, 0.6) is 11.5 Å². The lowest BCUT2D eigenvalue weighted by Gasteiger charge is -2.13. The minimum atomic E-state index is -0.0938. The van der Waals surface area contributed by atoms with Crippen molar-refractivity contribution < 1.29 is 9.47 Å². The number of rotatable bonds is 4. The summed E-state index contributed by atoms with van der Waals surface area (Å²) in [6.45, 7) is 2.12. The van der Waals surface area contributed by atoms with Gasteiger partial charge in [0.1, 0.15) is 18.1 Å². The molecule has 0 amide bonds. The SMILES string of the molecule is C#CCOc1cc(OC)ccc1C(C)N. The Hall–Kier alpha value is -1.66. The van der Waals surface area contributed by atoms with Crippen LogP contribution in [0, 0.1) is 12.3 Å². The number of terminal acetylenes is 1. The van der Waals surface area contributed by atoms with Crippen LogP contribution in [0.1, 0.15) is 18.5 Å². The van der Waals surface area contributed by atoms with Gasteiger partial charge in [-0.1, -0.05) is 12.0 Å². The maximum absolute atomic E-state index is 5.81. The third-order valence-corrected chi connectivity index (χ3v) is 2.02. The van der Waals surface area contributed by atoms with Gasteiger partial charge in [0.15, 0.2) is 0 Å². The first kappa shape index (κ1) is 11.4. The molecular formula is C12H15NO2. The molecule has 3 heteroatoms. The van der Waals surface area contributed by atoms with E-state index in [4.69, 9.17) is 21.6 Å². The lowest BCUT2D eigenvalue weighted by Crippen LogP contribution is -2.08. The molecule has 0 spiro atoms. The lowest BCUT2D eigenvalue weighted by molar-refractivity contribution is 0.357. The summed E-state index contributed by atoms with van der Waals surface area (Å²) in [5, 5.41) is 0. The Morgan fingerprint density at radius 2 is 2.27 bits per heavy atom. The van der Waals surface area contributed by atoms with Crippen molar-refractivity contribution in [3.8, 4) is 23.8 Å². The minimum absolute atomic E-state index is 0.0938. The molecule has 1 rings (SSSR count). The van der Waals surface area contributed by atoms with Crippen molar-refractivity contribution in [1.82, 2.24) is 0 Å². The standard InChI is InChI=1S/C12H15NO2/c1-4-7-15-12-8-10(14-3)5-6-11(12)9(2)13/h1,5-6,8-9H,7,13H2,2-3H3. The topological polar surface area (TPSA) is 44.5 Å². The highest BCUT2D eigenvalue weighted by Gasteiger charge is 2.09. The van der Waals surface area contributed by atoms with Crippen LogP contribution in [0.15, 0.2) is 18.2 Å². The summed E-state index contributed by atoms with van der Waals surface area (Å²) in [6.07, 6.45) is 5.14. The summed E-state index contributed by atoms with van der Waals surface area (Å²) in [7, 11) is 1.60. The van der Waals surface area contributed by atoms with Crippen molar-refractivity contribution in [3.63, 3.8) is 0 Å². The van der Waals surface area contributed by atoms with E-state index in [0.29, 0.717) is 5.75 Å². The molecule has 0 aliphatic rings. The fraction of sp³-hybridized carbons (Fsp3) is 0.333. The second kappa shape index (κ2) is 5.28. The Kier molecular flexibility index (Phi) is 4.02. The highest BCUT2D eigenvalue weighted by Crippen LogP contribution is 2.28. The van der Waals surface area contributed by atoms with E-state index >= 15 is 0 Å². The van der Waals surface area contributed by atoms with Gasteiger partial charge in [0.2, 0.25) is 0 Å². The summed E-state index contributed by atoms with van der Waals surface area (Å²) in [4.78, 5) is 0. The Labute approximate surface area is 90.2 Å². The molecule has 0 saturated heterocycles. The average molecular weight is 205 g/mol. The molecule has 0 aliphatic heterocycles. The third-order valence-electron chi connectivity index (χ3n) is 2.02. The van der Waals surface area contributed by atoms with E-state index in [1.54, 1.807) is 13.2 Å². The number of ether oxygens (including phenoxy) is 2. The quantitative estimate of drug-likeness (QED) is 0.761. The summed E-state index contributed by atoms with van der Waals surface area (Å²) in [6, 6.07) is 5.43. The smallest absolute Gasteiger partial charge is 0.148 e. The number of nitrogens with two attached hydrogens (primary N) is 1. The zero-order valence-corrected chi connectivity index (χ0v) is 8.99. The number of methoxy groups -OCH3 is 1. The van der Waals surface area contributed by atoms with E-state index in [2.05, 4.69) is 5.92 Å². The van der Waals surface area contributed by atoms with Crippen LogP contribution in [-0.2, 0) is 0 Å². The zero-order chi connectivity index (χ0) is 11.3. The van der Waals surface area contributed by atoms with Crippen LogP contribution in [-0.4, -0.2) is 13.7 Å². The van der Waals surface area contributed by atoms with Crippen LogP contribution in [0.3, 0.4) is 0 Å². The van der Waals surface area contributed by atoms with Crippen molar-refractivity contribution in [2.45, 2.75) is 13.0 Å². The number of benzene rings is 1. The molecule has 1 aromatic rings. The molecule has 1 unspecified atom stereocenters. The van der Waals surface area contributed by atoms with Gasteiger partial charge in [0.25, 0.3) is 0 Å². The van der Waals surface area contributed by atoms with Crippen LogP contribution < -0.4 is 15.2 Å². The first-order valence-electron chi connectivity index (χ1n) is 4.68. The lowest BCUT2D eigenvalue weighted by atomic mass is 10.1. The predicted octanol–water partition coefficient (Wildman–Crippen LogP) is 1.73. The van der Waals surface area contributed by atoms with E-state index in [0.717, 1.165) is 11.3 Å². The van der Waals surface area contributed by atoms with Crippen molar-refractivity contribution >= 4 is 0 Å². The normalized spacial score (nSPS) is 11.6. The van der Waals surface area contributed by atoms with Gasteiger partial charge in [0.05, 0.1) is 7.11 Å². The monoisotopic (exact) mass is 205 g/mol. The molecule has 15 heavy (non-hydrogen) atoms. The van der Waals surface area contributed by atoms with E-state index in [1.165, 1.54) is 0 Å². The molecule has 0 aromatic heterocycles. The van der Waals surface area contributed by atoms with Crippen molar-refractivity contribution in [2.75, 3.05) is 13.7 Å². The minimum Gasteiger partial charge on any atom is -0.497 e. The van der Waals surface area contributed by atoms with Crippen LogP contribution in [0.4, 0.5) is 0 Å². The van der Waals surface area contributed by atoms with Crippen molar-refractivity contribution in [1.29, 1.82) is 0 Å². The Morgan fingerprint density at radius 1 is 1.53 bits per heavy atom. The molecule has 80 valence electrons. The molecule has 0 radical (unpaired) electrons. The maximum Gasteiger partial charge on any atom is 0.148 e. The summed E-state index contributed by atoms with van der Waals surface area (Å²) < 4.78 is 10.5. The van der Waals surface area contributed by atoms with Gasteiger partial charge >= 0.3 is 0 Å². The first-order chi connectivity index (χ1) is 7.19. The van der Waals surface area contributed by atoms with E-state index in [1.807, 2.05) is 19.1 Å². The van der Waals surface area contributed by atoms with E-state index in [9.17, 15) is 0 Å². The molecule has 0 aliphatic carbocycles. The Balaban J connectivity index is 3.00. The van der Waals surface area contributed by atoms with Crippen LogP contribution in [0.2, 0.25) is 0 Å². The molecule has 1 atom stereocenters. The van der Waals surface area contributed by atoms with Gasteiger partial charge in [-0.2, -0.15) is 0 Å². The van der Waals surface area contributed by atoms with E-state index < -0.39 is 0 Å². The van der Waals surface area contributed by atoms with Crippen molar-refractivity contribution in [2.24, 2.45) is 5.73 Å². The predicted molar refractivity (Wildman–Crippen MR) is 59.9 cm³/mol. The Bertz CT molecular complexity index is 366. The number of hydrogen-bond donors (Lipinski definition) is 1. The highest BCUT2D eigenvalue weighted by molar-refractivity contribution is 5.42. The zero-order valence-electron chi connectivity index (χ0n) is 8.99. The van der Waals surface area contributed by atoms with Crippen LogP contribution in [0.25, 0.3) is 0 Å². The maximum atomic E-state index is 5.81. The van der Waals surface area contributed by atoms with Gasteiger partial charge in [-0.05, 0) is 13.0 Å². The number of hydrogen-bond acceptors (Lipinski definition) is 3. The Morgan fingerprint density at radius 3 is 2.80 bits per heavy atom. The molecule has 0 saturated carbocycles. The molecule has 0 fully saturated rings. The molecule has 2 N–H and O–H groups in total. The van der Waals surface area contributed by atoms with Gasteiger partial charge in [-0.3, -0.25) is 0 Å². The van der Waals surface area contributed by atoms with Gasteiger partial charge < -0.3 is 15.2 Å². The molecule has 0 bridgehead atoms. The summed E-state index contributed by atoms with van der Waals surface area (Å²) >= 11 is 0. The molecule has 0 heterocycles. The molecule has 1 aromatic carbocycles. The fourth-order valence-electron chi connectivity index (χ4n) is 1.26. The average Bonchev–Trinajstić information content (AvgIpc) is 2.25. The third kappa shape index (κ3) is 2.90. The molecular weight excluding hydrogens is 190 g/mol. The second-order valence-corrected chi connectivity index (χ2v) is 3.19. The second-order valence-electron chi connectivity index (χ2n) is 3.19. The van der Waals surface area contributed by atoms with Gasteiger partial charge in [0, 0.05) is 17.7 Å². The fourth-order valence-corrected chi connectivity index (χ4v) is 1.26. The van der Waals surface area contributed by atoms with Crippen LogP contribution >= 0.6 is 0 Å². The van der Waals surface area contributed by atoms with Gasteiger partial charge in [-0.15, -0.1) is 6.42 Å². The summed E-state index contributed by atoms with van der Waals surface area (Å²) in [5.41, 5.74) is 6.73. The van der Waals surface area contributed by atoms with Gasteiger partial charge in [-0.25, -0.2) is 0 Å². The molecule has 3 nitrogen and oxygen atoms in total. The highest BCUT2D eigenvalue weighted by atomic mass is 16.5. The van der Waals surface area contributed by atoms with Crippen molar-refractivity contribution in [3.05, 3.63) is 23.8 Å². The first-order valence-corrected chi connectivity index (χ1v) is 4.68. The largest absolute Gasteiger partial charge is 0.497 e.